The molecule has 0 spiro atoms. The molecule has 3 atom stereocenters. The minimum atomic E-state index is -0.00524. The van der Waals surface area contributed by atoms with Crippen LogP contribution in [0.3, 0.4) is 0 Å². The highest BCUT2D eigenvalue weighted by atomic mass is 16.5. The smallest absolute Gasteiger partial charge is 0.225 e. The number of hydrogen-bond donors (Lipinski definition) is 3. The largest absolute Gasteiger partial charge is 0.497 e. The summed E-state index contributed by atoms with van der Waals surface area (Å²) in [6, 6.07) is 7.72. The van der Waals surface area contributed by atoms with Crippen LogP contribution < -0.4 is 15.4 Å². The van der Waals surface area contributed by atoms with Gasteiger partial charge in [-0.15, -0.1) is 0 Å². The molecule has 1 amide bonds. The molecule has 1 aliphatic carbocycles. The number of aliphatic hydroxyl groups excluding tert-OH is 1. The fourth-order valence-corrected chi connectivity index (χ4v) is 3.41. The van der Waals surface area contributed by atoms with E-state index in [0.29, 0.717) is 18.4 Å². The van der Waals surface area contributed by atoms with E-state index in [-0.39, 0.29) is 18.6 Å². The predicted octanol–water partition coefficient (Wildman–Crippen LogP) is 2.94. The number of amides is 1. The number of hydrogen-bond acceptors (Lipinski definition) is 4. The van der Waals surface area contributed by atoms with Crippen LogP contribution in [0.4, 0.5) is 5.69 Å². The number of rotatable bonds is 7. The molecule has 5 nitrogen and oxygen atoms in total. The Bertz CT molecular complexity index is 504. The summed E-state index contributed by atoms with van der Waals surface area (Å²) < 4.78 is 5.11. The van der Waals surface area contributed by atoms with Crippen LogP contribution in [0.25, 0.3) is 0 Å². The van der Waals surface area contributed by atoms with Crippen LogP contribution in [0.1, 0.15) is 45.4 Å². The van der Waals surface area contributed by atoms with E-state index in [1.165, 1.54) is 19.3 Å². The van der Waals surface area contributed by atoms with E-state index in [2.05, 4.69) is 10.6 Å². The van der Waals surface area contributed by atoms with E-state index < -0.39 is 0 Å². The summed E-state index contributed by atoms with van der Waals surface area (Å²) in [5.41, 5.74) is 0.774. The number of aliphatic hydroxyl groups is 1. The molecule has 0 aromatic heterocycles. The Kier molecular flexibility index (Phi) is 7.53. The van der Waals surface area contributed by atoms with E-state index >= 15 is 0 Å². The molecule has 3 N–H and O–H groups in total. The summed E-state index contributed by atoms with van der Waals surface area (Å²) in [6.07, 6.45) is 6.19. The Morgan fingerprint density at radius 3 is 2.62 bits per heavy atom. The van der Waals surface area contributed by atoms with Crippen molar-refractivity contribution < 1.29 is 14.6 Å². The molecule has 1 fully saturated rings. The summed E-state index contributed by atoms with van der Waals surface area (Å²) >= 11 is 0. The maximum atomic E-state index is 12.2. The molecule has 3 unspecified atom stereocenters. The van der Waals surface area contributed by atoms with Gasteiger partial charge in [-0.05, 0) is 49.9 Å². The van der Waals surface area contributed by atoms with Gasteiger partial charge in [0.25, 0.3) is 0 Å². The number of ether oxygens (including phenoxy) is 1. The molecule has 0 heterocycles. The number of nitrogens with one attached hydrogen (secondary N) is 2. The summed E-state index contributed by atoms with van der Waals surface area (Å²) in [6.45, 7) is 2.26. The first kappa shape index (κ1) is 18.7. The van der Waals surface area contributed by atoms with Crippen LogP contribution in [-0.4, -0.2) is 36.8 Å². The fraction of sp³-hybridized carbons (Fsp3) is 0.632. The third kappa shape index (κ3) is 5.80. The summed E-state index contributed by atoms with van der Waals surface area (Å²) in [4.78, 5) is 12.2. The Morgan fingerprint density at radius 1 is 1.25 bits per heavy atom. The summed E-state index contributed by atoms with van der Waals surface area (Å²) in [5, 5.41) is 16.1. The van der Waals surface area contributed by atoms with Gasteiger partial charge in [0.05, 0.1) is 7.11 Å². The molecule has 0 aliphatic heterocycles. The van der Waals surface area contributed by atoms with Crippen LogP contribution in [0.2, 0.25) is 0 Å². The summed E-state index contributed by atoms with van der Waals surface area (Å²) in [5.74, 6) is 1.07. The van der Waals surface area contributed by atoms with Crippen molar-refractivity contribution in [3.63, 3.8) is 0 Å². The molecule has 5 heteroatoms. The lowest BCUT2D eigenvalue weighted by Crippen LogP contribution is -2.43. The Balaban J connectivity index is 1.81. The molecule has 24 heavy (non-hydrogen) atoms. The second-order valence-corrected chi connectivity index (χ2v) is 6.74. The van der Waals surface area contributed by atoms with E-state index in [4.69, 9.17) is 4.74 Å². The predicted molar refractivity (Wildman–Crippen MR) is 96.3 cm³/mol. The first-order valence-electron chi connectivity index (χ1n) is 8.93. The molecule has 0 bridgehead atoms. The molecular weight excluding hydrogens is 304 g/mol. The normalized spacial score (nSPS) is 22.5. The number of benzene rings is 1. The zero-order valence-corrected chi connectivity index (χ0v) is 14.8. The van der Waals surface area contributed by atoms with Crippen molar-refractivity contribution >= 4 is 11.6 Å². The third-order valence-corrected chi connectivity index (χ3v) is 4.76. The first-order valence-corrected chi connectivity index (χ1v) is 8.93. The van der Waals surface area contributed by atoms with E-state index in [9.17, 15) is 9.90 Å². The van der Waals surface area contributed by atoms with Crippen molar-refractivity contribution in [3.05, 3.63) is 24.3 Å². The van der Waals surface area contributed by atoms with Crippen molar-refractivity contribution in [1.29, 1.82) is 0 Å². The van der Waals surface area contributed by atoms with Crippen LogP contribution in [0.5, 0.6) is 5.75 Å². The molecule has 0 radical (unpaired) electrons. The standard InChI is InChI=1S/C19H30N2O3/c1-14(20-18-7-5-3-4-6-15(18)13-22)12-19(23)21-16-8-10-17(24-2)11-9-16/h8-11,14-15,18,20,22H,3-7,12-13H2,1-2H3,(H,21,23). The zero-order valence-electron chi connectivity index (χ0n) is 14.8. The second kappa shape index (κ2) is 9.64. The van der Waals surface area contributed by atoms with Crippen molar-refractivity contribution in [3.8, 4) is 5.75 Å². The Morgan fingerprint density at radius 2 is 1.96 bits per heavy atom. The average Bonchev–Trinajstić information content (AvgIpc) is 2.80. The maximum Gasteiger partial charge on any atom is 0.225 e. The monoisotopic (exact) mass is 334 g/mol. The summed E-state index contributed by atoms with van der Waals surface area (Å²) in [7, 11) is 1.62. The average molecular weight is 334 g/mol. The van der Waals surface area contributed by atoms with Gasteiger partial charge in [0.2, 0.25) is 5.91 Å². The van der Waals surface area contributed by atoms with Crippen LogP contribution in [0.15, 0.2) is 24.3 Å². The van der Waals surface area contributed by atoms with Gasteiger partial charge in [-0.3, -0.25) is 4.79 Å². The van der Waals surface area contributed by atoms with Crippen LogP contribution in [-0.2, 0) is 4.79 Å². The molecule has 1 aliphatic rings. The lowest BCUT2D eigenvalue weighted by molar-refractivity contribution is -0.116. The van der Waals surface area contributed by atoms with Crippen molar-refractivity contribution in [1.82, 2.24) is 5.32 Å². The molecule has 2 rings (SSSR count). The third-order valence-electron chi connectivity index (χ3n) is 4.76. The molecule has 1 aromatic rings. The number of methoxy groups -OCH3 is 1. The van der Waals surface area contributed by atoms with Gasteiger partial charge in [-0.25, -0.2) is 0 Å². The van der Waals surface area contributed by atoms with Crippen LogP contribution in [0, 0.1) is 5.92 Å². The number of anilines is 1. The van der Waals surface area contributed by atoms with Gasteiger partial charge in [-0.2, -0.15) is 0 Å². The Labute approximate surface area is 144 Å². The maximum absolute atomic E-state index is 12.2. The van der Waals surface area contributed by atoms with Crippen LogP contribution >= 0.6 is 0 Å². The molecule has 0 saturated heterocycles. The highest BCUT2D eigenvalue weighted by molar-refractivity contribution is 5.91. The van der Waals surface area contributed by atoms with E-state index in [1.807, 2.05) is 31.2 Å². The molecular formula is C19H30N2O3. The fourth-order valence-electron chi connectivity index (χ4n) is 3.41. The quantitative estimate of drug-likeness (QED) is 0.671. The highest BCUT2D eigenvalue weighted by Gasteiger charge is 2.24. The van der Waals surface area contributed by atoms with E-state index in [1.54, 1.807) is 7.11 Å². The molecule has 1 saturated carbocycles. The second-order valence-electron chi connectivity index (χ2n) is 6.74. The van der Waals surface area contributed by atoms with Gasteiger partial charge in [0.15, 0.2) is 0 Å². The lowest BCUT2D eigenvalue weighted by atomic mass is 9.94. The SMILES string of the molecule is COc1ccc(NC(=O)CC(C)NC2CCCCCC2CO)cc1. The van der Waals surface area contributed by atoms with Crippen molar-refractivity contribution in [2.75, 3.05) is 19.0 Å². The molecule has 1 aromatic carbocycles. The van der Waals surface area contributed by atoms with Gasteiger partial charge in [-0.1, -0.05) is 19.3 Å². The number of carbonyl (C=O) groups excluding carboxylic acids is 1. The van der Waals surface area contributed by atoms with Crippen molar-refractivity contribution in [2.24, 2.45) is 5.92 Å². The minimum absolute atomic E-state index is 0.00524. The van der Waals surface area contributed by atoms with Crippen molar-refractivity contribution in [2.45, 2.75) is 57.5 Å². The topological polar surface area (TPSA) is 70.6 Å². The Hall–Kier alpha value is -1.59. The van der Waals surface area contributed by atoms with Gasteiger partial charge in [0, 0.05) is 30.8 Å². The zero-order chi connectivity index (χ0) is 17.4. The number of carbonyl (C=O) groups is 1. The molecule has 134 valence electrons. The van der Waals surface area contributed by atoms with Gasteiger partial charge >= 0.3 is 0 Å². The minimum Gasteiger partial charge on any atom is -0.497 e. The lowest BCUT2D eigenvalue weighted by Gasteiger charge is -2.28. The van der Waals surface area contributed by atoms with E-state index in [0.717, 1.165) is 24.3 Å². The highest BCUT2D eigenvalue weighted by Crippen LogP contribution is 2.24. The van der Waals surface area contributed by atoms with Gasteiger partial charge in [0.1, 0.15) is 5.75 Å². The first-order chi connectivity index (χ1) is 11.6. The van der Waals surface area contributed by atoms with Gasteiger partial charge < -0.3 is 20.5 Å².